The Morgan fingerprint density at radius 2 is 0.750 bits per heavy atom. The van der Waals surface area contributed by atoms with Crippen LogP contribution >= 0.6 is 0 Å². The van der Waals surface area contributed by atoms with E-state index in [1.165, 1.54) is 229 Å². The van der Waals surface area contributed by atoms with Crippen LogP contribution in [0.2, 0.25) is 0 Å². The van der Waals surface area contributed by atoms with Crippen molar-refractivity contribution in [1.29, 1.82) is 0 Å². The minimum atomic E-state index is 1.18. The summed E-state index contributed by atoms with van der Waals surface area (Å²) >= 11 is 0. The molecule has 1 N–H and O–H groups in total. The average molecular weight is 610 g/mol. The summed E-state index contributed by atoms with van der Waals surface area (Å²) in [6.07, 6.45) is 45.7. The van der Waals surface area contributed by atoms with Crippen LogP contribution in [0.1, 0.15) is 219 Å². The van der Waals surface area contributed by atoms with Gasteiger partial charge in [0, 0.05) is 6.42 Å². The van der Waals surface area contributed by atoms with Crippen molar-refractivity contribution in [2.45, 2.75) is 226 Å². The van der Waals surface area contributed by atoms with E-state index in [0.717, 1.165) is 0 Å². The van der Waals surface area contributed by atoms with Crippen LogP contribution in [-0.2, 0) is 13.0 Å². The van der Waals surface area contributed by atoms with Crippen molar-refractivity contribution in [2.75, 3.05) is 0 Å². The Balaban J connectivity index is 1.46. The molecule has 1 aromatic carbocycles. The number of fused-ring (bicyclic) bond motifs is 1. The second kappa shape index (κ2) is 29.1. The number of aromatic amines is 1. The molecular formula is C42H77N2+. The Labute approximate surface area is 276 Å². The van der Waals surface area contributed by atoms with Gasteiger partial charge in [0.15, 0.2) is 11.0 Å². The third kappa shape index (κ3) is 19.9. The van der Waals surface area contributed by atoms with E-state index in [0.29, 0.717) is 0 Å². The van der Waals surface area contributed by atoms with Crippen LogP contribution in [0.5, 0.6) is 0 Å². The lowest BCUT2D eigenvalue weighted by atomic mass is 10.0. The van der Waals surface area contributed by atoms with E-state index >= 15 is 0 Å². The number of unbranched alkanes of at least 4 members (excludes halogenated alkanes) is 29. The Morgan fingerprint density at radius 1 is 0.409 bits per heavy atom. The minimum absolute atomic E-state index is 1.18. The molecule has 44 heavy (non-hydrogen) atoms. The Kier molecular flexibility index (Phi) is 25.7. The van der Waals surface area contributed by atoms with Crippen molar-refractivity contribution >= 4 is 11.0 Å². The minimum Gasteiger partial charge on any atom is -0.241 e. The number of hydrogen-bond acceptors (Lipinski definition) is 0. The highest BCUT2D eigenvalue weighted by Gasteiger charge is 2.17. The van der Waals surface area contributed by atoms with E-state index in [2.05, 4.69) is 47.7 Å². The summed E-state index contributed by atoms with van der Waals surface area (Å²) in [5.41, 5.74) is 2.73. The predicted octanol–water partition coefficient (Wildman–Crippen LogP) is 14.1. The monoisotopic (exact) mass is 610 g/mol. The summed E-state index contributed by atoms with van der Waals surface area (Å²) in [7, 11) is 0. The molecule has 0 amide bonds. The van der Waals surface area contributed by atoms with Crippen molar-refractivity contribution in [2.24, 2.45) is 0 Å². The van der Waals surface area contributed by atoms with Gasteiger partial charge in [-0.05, 0) is 31.4 Å². The SMILES string of the molecule is CCCCCCCCCCCCCCCCCC[n+]1c(CCCCCCCCCCCCCCCCC)[nH]c2ccccc21. The zero-order valence-electron chi connectivity index (χ0n) is 30.1. The highest BCUT2D eigenvalue weighted by Crippen LogP contribution is 2.17. The lowest BCUT2D eigenvalue weighted by molar-refractivity contribution is -0.679. The van der Waals surface area contributed by atoms with Crippen LogP contribution in [0.3, 0.4) is 0 Å². The van der Waals surface area contributed by atoms with Gasteiger partial charge in [-0.25, -0.2) is 9.55 Å². The summed E-state index contributed by atoms with van der Waals surface area (Å²) in [5, 5.41) is 0. The number of hydrogen-bond donors (Lipinski definition) is 1. The van der Waals surface area contributed by atoms with Crippen molar-refractivity contribution < 1.29 is 4.57 Å². The molecule has 0 saturated carbocycles. The standard InChI is InChI=1S/C42H76N2/c1-3-5-7-9-11-13-15-17-19-21-23-25-27-29-31-35-39-44-41-37-34-33-36-40(41)43-42(44)38-32-30-28-26-24-22-20-18-16-14-12-10-8-6-4-2/h33-34,36-37H,3-32,35,38-39H2,1-2H3/p+1. The zero-order valence-corrected chi connectivity index (χ0v) is 30.1. The van der Waals surface area contributed by atoms with Crippen LogP contribution in [0.4, 0.5) is 0 Å². The van der Waals surface area contributed by atoms with Gasteiger partial charge in [0.25, 0.3) is 5.82 Å². The van der Waals surface area contributed by atoms with E-state index in [1.807, 2.05) is 0 Å². The van der Waals surface area contributed by atoms with Crippen molar-refractivity contribution in [1.82, 2.24) is 4.98 Å². The number of benzene rings is 1. The van der Waals surface area contributed by atoms with Gasteiger partial charge < -0.3 is 0 Å². The van der Waals surface area contributed by atoms with Gasteiger partial charge in [-0.1, -0.05) is 206 Å². The molecule has 0 fully saturated rings. The molecule has 0 saturated heterocycles. The average Bonchev–Trinajstić information content (AvgIpc) is 3.39. The second-order valence-electron chi connectivity index (χ2n) is 14.2. The van der Waals surface area contributed by atoms with E-state index in [4.69, 9.17) is 0 Å². The molecule has 1 aromatic heterocycles. The highest BCUT2D eigenvalue weighted by atomic mass is 15.1. The maximum Gasteiger partial charge on any atom is 0.255 e. The Bertz CT molecular complexity index is 868. The predicted molar refractivity (Wildman–Crippen MR) is 197 cm³/mol. The highest BCUT2D eigenvalue weighted by molar-refractivity contribution is 5.71. The van der Waals surface area contributed by atoms with Crippen LogP contribution in [0.25, 0.3) is 11.0 Å². The maximum absolute atomic E-state index is 3.78. The molecule has 2 heteroatoms. The number of H-pyrrole nitrogens is 1. The van der Waals surface area contributed by atoms with Crippen molar-refractivity contribution in [3.05, 3.63) is 30.1 Å². The van der Waals surface area contributed by atoms with Gasteiger partial charge in [-0.3, -0.25) is 0 Å². The molecule has 0 unspecified atom stereocenters. The summed E-state index contributed by atoms with van der Waals surface area (Å²) in [6.45, 7) is 5.79. The second-order valence-corrected chi connectivity index (χ2v) is 14.2. The van der Waals surface area contributed by atoms with Crippen LogP contribution in [0.15, 0.2) is 24.3 Å². The van der Waals surface area contributed by atoms with E-state index in [9.17, 15) is 0 Å². The van der Waals surface area contributed by atoms with Gasteiger partial charge in [-0.2, -0.15) is 0 Å². The molecule has 0 spiro atoms. The van der Waals surface area contributed by atoms with Crippen LogP contribution < -0.4 is 4.57 Å². The van der Waals surface area contributed by atoms with Gasteiger partial charge in [0.2, 0.25) is 0 Å². The molecule has 0 atom stereocenters. The first kappa shape index (κ1) is 38.9. The number of nitrogens with zero attached hydrogens (tertiary/aromatic N) is 1. The molecule has 0 aliphatic rings. The third-order valence-corrected chi connectivity index (χ3v) is 10.1. The van der Waals surface area contributed by atoms with E-state index < -0.39 is 0 Å². The summed E-state index contributed by atoms with van der Waals surface area (Å²) in [5.74, 6) is 1.46. The molecule has 254 valence electrons. The molecular weight excluding hydrogens is 532 g/mol. The molecule has 0 aliphatic heterocycles. The summed E-state index contributed by atoms with van der Waals surface area (Å²) in [4.78, 5) is 3.78. The molecule has 0 radical (unpaired) electrons. The number of nitrogens with one attached hydrogen (secondary N) is 1. The Morgan fingerprint density at radius 3 is 1.16 bits per heavy atom. The first-order valence-corrected chi connectivity index (χ1v) is 20.4. The number of imidazole rings is 1. The fraction of sp³-hybridized carbons (Fsp3) is 0.833. The smallest absolute Gasteiger partial charge is 0.241 e. The lowest BCUT2D eigenvalue weighted by Gasteiger charge is -2.05. The van der Waals surface area contributed by atoms with Gasteiger partial charge in [0.1, 0.15) is 0 Å². The first-order chi connectivity index (χ1) is 21.9. The third-order valence-electron chi connectivity index (χ3n) is 10.1. The largest absolute Gasteiger partial charge is 0.255 e. The number of aromatic nitrogens is 2. The van der Waals surface area contributed by atoms with E-state index in [-0.39, 0.29) is 0 Å². The van der Waals surface area contributed by atoms with Gasteiger partial charge in [0.05, 0.1) is 6.54 Å². The van der Waals surface area contributed by atoms with Crippen LogP contribution in [0, 0.1) is 0 Å². The van der Waals surface area contributed by atoms with Gasteiger partial charge >= 0.3 is 0 Å². The van der Waals surface area contributed by atoms with Crippen molar-refractivity contribution in [3.8, 4) is 0 Å². The molecule has 2 nitrogen and oxygen atoms in total. The maximum atomic E-state index is 3.78. The fourth-order valence-corrected chi connectivity index (χ4v) is 7.12. The van der Waals surface area contributed by atoms with Gasteiger partial charge in [-0.15, -0.1) is 0 Å². The summed E-state index contributed by atoms with van der Waals surface area (Å²) in [6, 6.07) is 8.95. The topological polar surface area (TPSA) is 19.7 Å². The number of para-hydroxylation sites is 2. The van der Waals surface area contributed by atoms with Crippen molar-refractivity contribution in [3.63, 3.8) is 0 Å². The Hall–Kier alpha value is -1.31. The van der Waals surface area contributed by atoms with E-state index in [1.54, 1.807) is 0 Å². The zero-order chi connectivity index (χ0) is 31.2. The molecule has 2 rings (SSSR count). The molecule has 2 aromatic rings. The quantitative estimate of drug-likeness (QED) is 0.0613. The molecule has 0 aliphatic carbocycles. The normalized spacial score (nSPS) is 11.7. The first-order valence-electron chi connectivity index (χ1n) is 20.4. The molecule has 1 heterocycles. The lowest BCUT2D eigenvalue weighted by Crippen LogP contribution is -2.37. The summed E-state index contributed by atoms with van der Waals surface area (Å²) < 4.78 is 2.61. The van der Waals surface area contributed by atoms with Crippen LogP contribution in [-0.4, -0.2) is 4.98 Å². The fourth-order valence-electron chi connectivity index (χ4n) is 7.12. The number of aryl methyl sites for hydroxylation is 2. The number of rotatable bonds is 33. The molecule has 0 bridgehead atoms.